The summed E-state index contributed by atoms with van der Waals surface area (Å²) < 4.78 is 0.652. The van der Waals surface area contributed by atoms with Gasteiger partial charge in [0, 0.05) is 10.5 Å². The van der Waals surface area contributed by atoms with E-state index in [0.29, 0.717) is 23.2 Å². The smallest absolute Gasteiger partial charge is 0.330 e. The van der Waals surface area contributed by atoms with E-state index in [4.69, 9.17) is 4.84 Å². The first-order chi connectivity index (χ1) is 10.2. The molecule has 0 bridgehead atoms. The molecule has 1 aliphatic rings. The molecule has 0 unspecified atom stereocenters. The zero-order chi connectivity index (χ0) is 16.5. The lowest BCUT2D eigenvalue weighted by atomic mass is 9.98. The number of carbonyl (C=O) groups excluding carboxylic acids is 1. The van der Waals surface area contributed by atoms with Crippen LogP contribution in [0.15, 0.2) is 22.7 Å². The van der Waals surface area contributed by atoms with Crippen LogP contribution in [-0.4, -0.2) is 35.1 Å². The molecule has 1 fully saturated rings. The second kappa shape index (κ2) is 6.21. The maximum atomic E-state index is 11.7. The predicted octanol–water partition coefficient (Wildman–Crippen LogP) is 2.96. The molecular formula is C14H18BrN3O4. The van der Waals surface area contributed by atoms with Gasteiger partial charge in [-0.15, -0.1) is 5.06 Å². The Morgan fingerprint density at radius 1 is 1.45 bits per heavy atom. The van der Waals surface area contributed by atoms with E-state index in [1.807, 2.05) is 0 Å². The number of nitrogens with one attached hydrogen (secondary N) is 1. The van der Waals surface area contributed by atoms with Gasteiger partial charge in [0.1, 0.15) is 5.69 Å². The van der Waals surface area contributed by atoms with Gasteiger partial charge in [0.25, 0.3) is 5.69 Å². The highest BCUT2D eigenvalue weighted by molar-refractivity contribution is 9.10. The highest BCUT2D eigenvalue weighted by atomic mass is 79.9. The molecule has 7 nitrogen and oxygen atoms in total. The van der Waals surface area contributed by atoms with Crippen LogP contribution in [0.5, 0.6) is 0 Å². The molecule has 22 heavy (non-hydrogen) atoms. The fourth-order valence-electron chi connectivity index (χ4n) is 1.86. The van der Waals surface area contributed by atoms with Gasteiger partial charge in [0.2, 0.25) is 0 Å². The molecule has 0 radical (unpaired) electrons. The topological polar surface area (TPSA) is 84.7 Å². The van der Waals surface area contributed by atoms with E-state index in [0.717, 1.165) is 0 Å². The molecular weight excluding hydrogens is 354 g/mol. The normalized spacial score (nSPS) is 16.0. The summed E-state index contributed by atoms with van der Waals surface area (Å²) >= 11 is 3.22. The van der Waals surface area contributed by atoms with E-state index < -0.39 is 10.3 Å². The van der Waals surface area contributed by atoms with Crippen LogP contribution >= 0.6 is 15.9 Å². The Bertz CT molecular complexity index is 594. The molecule has 2 rings (SSSR count). The third-order valence-corrected chi connectivity index (χ3v) is 3.68. The number of hydrogen-bond acceptors (Lipinski definition) is 6. The van der Waals surface area contributed by atoms with E-state index in [-0.39, 0.29) is 17.7 Å². The zero-order valence-electron chi connectivity index (χ0n) is 12.6. The largest absolute Gasteiger partial charge is 0.374 e. The van der Waals surface area contributed by atoms with Crippen molar-refractivity contribution in [2.24, 2.45) is 5.41 Å². The molecule has 1 aromatic rings. The molecule has 8 heteroatoms. The minimum Gasteiger partial charge on any atom is -0.374 e. The van der Waals surface area contributed by atoms with Crippen LogP contribution in [0, 0.1) is 15.5 Å². The number of nitro groups is 1. The van der Waals surface area contributed by atoms with Crippen molar-refractivity contribution in [3.05, 3.63) is 32.8 Å². The maximum absolute atomic E-state index is 11.7. The van der Waals surface area contributed by atoms with Gasteiger partial charge in [-0.2, -0.15) is 0 Å². The van der Waals surface area contributed by atoms with Crippen LogP contribution in [-0.2, 0) is 9.63 Å². The van der Waals surface area contributed by atoms with E-state index in [1.165, 1.54) is 6.07 Å². The van der Waals surface area contributed by atoms with Crippen molar-refractivity contribution in [2.75, 3.05) is 18.4 Å². The van der Waals surface area contributed by atoms with Crippen LogP contribution in [0.4, 0.5) is 11.4 Å². The van der Waals surface area contributed by atoms with Gasteiger partial charge in [-0.05, 0) is 32.9 Å². The summed E-state index contributed by atoms with van der Waals surface area (Å²) in [6.07, 6.45) is 0. The number of nitro benzene ring substituents is 1. The fraction of sp³-hybridized carbons (Fsp3) is 0.500. The predicted molar refractivity (Wildman–Crippen MR) is 85.3 cm³/mol. The molecule has 1 aliphatic heterocycles. The first kappa shape index (κ1) is 16.7. The zero-order valence-corrected chi connectivity index (χ0v) is 14.2. The van der Waals surface area contributed by atoms with Crippen molar-refractivity contribution in [1.82, 2.24) is 5.06 Å². The average Bonchev–Trinajstić information content (AvgIpc) is 2.36. The summed E-state index contributed by atoms with van der Waals surface area (Å²) in [7, 11) is 0. The summed E-state index contributed by atoms with van der Waals surface area (Å²) in [5.74, 6) is -0.291. The van der Waals surface area contributed by atoms with Crippen LogP contribution in [0.3, 0.4) is 0 Å². The van der Waals surface area contributed by atoms with E-state index in [9.17, 15) is 14.9 Å². The minimum atomic E-state index is -0.553. The van der Waals surface area contributed by atoms with Gasteiger partial charge in [0.05, 0.1) is 29.5 Å². The van der Waals surface area contributed by atoms with Gasteiger partial charge in [-0.25, -0.2) is 4.79 Å². The first-order valence-corrected chi connectivity index (χ1v) is 7.64. The Morgan fingerprint density at radius 2 is 2.09 bits per heavy atom. The third kappa shape index (κ3) is 3.95. The molecule has 0 aliphatic carbocycles. The van der Waals surface area contributed by atoms with Crippen LogP contribution in [0.1, 0.15) is 20.8 Å². The van der Waals surface area contributed by atoms with Crippen LogP contribution < -0.4 is 5.32 Å². The average molecular weight is 372 g/mol. The number of halogens is 1. The lowest BCUT2D eigenvalue weighted by Gasteiger charge is -2.38. The molecule has 0 atom stereocenters. The Labute approximate surface area is 136 Å². The van der Waals surface area contributed by atoms with E-state index >= 15 is 0 Å². The van der Waals surface area contributed by atoms with Gasteiger partial charge in [0.15, 0.2) is 0 Å². The molecule has 0 saturated carbocycles. The second-order valence-corrected chi connectivity index (χ2v) is 7.15. The second-order valence-electron chi connectivity index (χ2n) is 6.24. The molecule has 0 aromatic heterocycles. The van der Waals surface area contributed by atoms with Crippen molar-refractivity contribution < 1.29 is 14.6 Å². The Hall–Kier alpha value is -1.67. The Kier molecular flexibility index (Phi) is 4.72. The van der Waals surface area contributed by atoms with Gasteiger partial charge in [-0.1, -0.05) is 15.9 Å². The summed E-state index contributed by atoms with van der Waals surface area (Å²) in [5.41, 5.74) is -0.0808. The molecule has 1 heterocycles. The number of hydrogen-bond donors (Lipinski definition) is 1. The van der Waals surface area contributed by atoms with Crippen molar-refractivity contribution >= 4 is 33.3 Å². The van der Waals surface area contributed by atoms with Crippen LogP contribution in [0.25, 0.3) is 0 Å². The molecule has 0 amide bonds. The monoisotopic (exact) mass is 371 g/mol. The van der Waals surface area contributed by atoms with E-state index in [1.54, 1.807) is 38.0 Å². The highest BCUT2D eigenvalue weighted by Crippen LogP contribution is 2.30. The SMILES string of the molecule is CC(C)(C)C(=O)ON1CC(Nc2ccc(Br)cc2[N+](=O)[O-])C1. The summed E-state index contributed by atoms with van der Waals surface area (Å²) in [6.45, 7) is 6.35. The summed E-state index contributed by atoms with van der Waals surface area (Å²) in [6, 6.07) is 4.86. The molecule has 120 valence electrons. The summed E-state index contributed by atoms with van der Waals surface area (Å²) in [4.78, 5) is 27.6. The number of nitrogens with zero attached hydrogens (tertiary/aromatic N) is 2. The summed E-state index contributed by atoms with van der Waals surface area (Å²) in [5, 5.41) is 15.7. The van der Waals surface area contributed by atoms with Gasteiger partial charge < -0.3 is 10.2 Å². The Balaban J connectivity index is 1.91. The lowest BCUT2D eigenvalue weighted by Crippen LogP contribution is -2.55. The number of carbonyl (C=O) groups is 1. The highest BCUT2D eigenvalue weighted by Gasteiger charge is 2.34. The van der Waals surface area contributed by atoms with Gasteiger partial charge >= 0.3 is 5.97 Å². The quantitative estimate of drug-likeness (QED) is 0.646. The fourth-order valence-corrected chi connectivity index (χ4v) is 2.20. The van der Waals surface area contributed by atoms with Crippen molar-refractivity contribution in [3.8, 4) is 0 Å². The molecule has 1 saturated heterocycles. The third-order valence-electron chi connectivity index (χ3n) is 3.19. The molecule has 0 spiro atoms. The number of anilines is 1. The van der Waals surface area contributed by atoms with Crippen molar-refractivity contribution in [3.63, 3.8) is 0 Å². The van der Waals surface area contributed by atoms with Gasteiger partial charge in [-0.3, -0.25) is 10.1 Å². The minimum absolute atomic E-state index is 0.00708. The molecule has 1 aromatic carbocycles. The van der Waals surface area contributed by atoms with Crippen molar-refractivity contribution in [2.45, 2.75) is 26.8 Å². The van der Waals surface area contributed by atoms with E-state index in [2.05, 4.69) is 21.2 Å². The molecule has 1 N–H and O–H groups in total. The van der Waals surface area contributed by atoms with Crippen molar-refractivity contribution in [1.29, 1.82) is 0 Å². The lowest BCUT2D eigenvalue weighted by molar-refractivity contribution is -0.384. The number of rotatable bonds is 4. The number of benzene rings is 1. The first-order valence-electron chi connectivity index (χ1n) is 6.84. The van der Waals surface area contributed by atoms with Crippen LogP contribution in [0.2, 0.25) is 0 Å². The number of hydroxylamine groups is 2. The maximum Gasteiger partial charge on any atom is 0.330 e. The standard InChI is InChI=1S/C14H18BrN3O4/c1-14(2,3)13(19)22-17-7-10(8-17)16-11-5-4-9(15)6-12(11)18(20)21/h4-6,10,16H,7-8H2,1-3H3. The Morgan fingerprint density at radius 3 is 2.64 bits per heavy atom.